The van der Waals surface area contributed by atoms with Gasteiger partial charge in [0.05, 0.1) is 6.10 Å². The highest BCUT2D eigenvalue weighted by Crippen LogP contribution is 2.22. The molecule has 3 heteroatoms. The second-order valence-corrected chi connectivity index (χ2v) is 3.74. The number of anilines is 1. The zero-order valence-corrected chi connectivity index (χ0v) is 8.77. The van der Waals surface area contributed by atoms with E-state index in [9.17, 15) is 5.11 Å². The van der Waals surface area contributed by atoms with E-state index in [1.807, 2.05) is 43.3 Å². The molecule has 3 N–H and O–H groups in total. The minimum Gasteiger partial charge on any atom is -0.398 e. The summed E-state index contributed by atoms with van der Waals surface area (Å²) in [6.07, 6.45) is 0.250. The maximum Gasteiger partial charge on any atom is 0.0822 e. The average Bonchev–Trinajstić information content (AvgIpc) is 2.15. The Balaban J connectivity index is 2.60. The van der Waals surface area contributed by atoms with Crippen LogP contribution in [0.25, 0.3) is 0 Å². The number of nitrogens with two attached hydrogens (primary N) is 1. The Morgan fingerprint density at radius 2 is 2.00 bits per heavy atom. The maximum atomic E-state index is 9.84. The van der Waals surface area contributed by atoms with E-state index in [0.29, 0.717) is 12.1 Å². The van der Waals surface area contributed by atoms with E-state index in [2.05, 4.69) is 0 Å². The van der Waals surface area contributed by atoms with E-state index >= 15 is 0 Å². The summed E-state index contributed by atoms with van der Waals surface area (Å²) in [6.45, 7) is 0.857. The zero-order valence-electron chi connectivity index (χ0n) is 8.77. The second-order valence-electron chi connectivity index (χ2n) is 3.74. The van der Waals surface area contributed by atoms with Crippen molar-refractivity contribution >= 4 is 5.69 Å². The van der Waals surface area contributed by atoms with Gasteiger partial charge >= 0.3 is 0 Å². The molecule has 1 aromatic carbocycles. The molecule has 0 aliphatic heterocycles. The molecule has 3 nitrogen and oxygen atoms in total. The number of hydrogen-bond acceptors (Lipinski definition) is 3. The van der Waals surface area contributed by atoms with Crippen LogP contribution in [0, 0.1) is 0 Å². The van der Waals surface area contributed by atoms with Crippen molar-refractivity contribution in [2.75, 3.05) is 26.4 Å². The number of benzene rings is 1. The molecule has 0 bridgehead atoms. The number of rotatable bonds is 4. The molecule has 0 saturated heterocycles. The van der Waals surface area contributed by atoms with Crippen LogP contribution in [0.15, 0.2) is 24.3 Å². The van der Waals surface area contributed by atoms with E-state index in [1.165, 1.54) is 0 Å². The third kappa shape index (κ3) is 3.01. The van der Waals surface area contributed by atoms with Crippen LogP contribution in [0.2, 0.25) is 0 Å². The predicted molar refractivity (Wildman–Crippen MR) is 59.0 cm³/mol. The van der Waals surface area contributed by atoms with Crippen LogP contribution in [0.4, 0.5) is 5.69 Å². The fourth-order valence-corrected chi connectivity index (χ4v) is 1.35. The summed E-state index contributed by atoms with van der Waals surface area (Å²) < 4.78 is 0. The lowest BCUT2D eigenvalue weighted by molar-refractivity contribution is 0.155. The minimum absolute atomic E-state index is 0.460. The summed E-state index contributed by atoms with van der Waals surface area (Å²) in [4.78, 5) is 2.04. The summed E-state index contributed by atoms with van der Waals surface area (Å²) >= 11 is 0. The average molecular weight is 194 g/mol. The van der Waals surface area contributed by atoms with Gasteiger partial charge in [-0.3, -0.25) is 0 Å². The number of hydrogen-bond donors (Lipinski definition) is 2. The fourth-order valence-electron chi connectivity index (χ4n) is 1.35. The summed E-state index contributed by atoms with van der Waals surface area (Å²) in [5, 5.41) is 9.84. The lowest BCUT2D eigenvalue weighted by Gasteiger charge is -2.15. The van der Waals surface area contributed by atoms with Gasteiger partial charge in [-0.1, -0.05) is 18.2 Å². The molecule has 0 aliphatic rings. The highest BCUT2D eigenvalue weighted by atomic mass is 16.3. The fraction of sp³-hybridized carbons (Fsp3) is 0.455. The van der Waals surface area contributed by atoms with Crippen LogP contribution in [0.3, 0.4) is 0 Å². The van der Waals surface area contributed by atoms with E-state index in [0.717, 1.165) is 12.1 Å². The van der Waals surface area contributed by atoms with Gasteiger partial charge in [0.2, 0.25) is 0 Å². The summed E-state index contributed by atoms with van der Waals surface area (Å²) in [7, 11) is 3.97. The molecule has 0 saturated carbocycles. The number of aliphatic hydroxyl groups is 1. The molecule has 1 rings (SSSR count). The lowest BCUT2D eigenvalue weighted by Crippen LogP contribution is -2.16. The van der Waals surface area contributed by atoms with E-state index < -0.39 is 6.10 Å². The van der Waals surface area contributed by atoms with E-state index in [1.54, 1.807) is 0 Å². The number of nitrogen functional groups attached to an aromatic ring is 1. The molecule has 0 radical (unpaired) electrons. The van der Waals surface area contributed by atoms with Crippen molar-refractivity contribution in [3.63, 3.8) is 0 Å². The standard InChI is InChI=1S/C11H18N2O/c1-13(2)8-7-11(14)9-5-3-4-6-10(9)12/h3-6,11,14H,7-8,12H2,1-2H3. The molecule has 0 spiro atoms. The highest BCUT2D eigenvalue weighted by molar-refractivity contribution is 5.47. The van der Waals surface area contributed by atoms with Gasteiger partial charge in [-0.25, -0.2) is 0 Å². The molecule has 1 aromatic rings. The molecule has 0 heterocycles. The normalized spacial score (nSPS) is 13.1. The smallest absolute Gasteiger partial charge is 0.0822 e. The molecular formula is C11H18N2O. The van der Waals surface area contributed by atoms with Crippen LogP contribution in [-0.2, 0) is 0 Å². The summed E-state index contributed by atoms with van der Waals surface area (Å²) in [6, 6.07) is 7.45. The number of aliphatic hydroxyl groups excluding tert-OH is 1. The van der Waals surface area contributed by atoms with Crippen LogP contribution in [0.1, 0.15) is 18.1 Å². The first kappa shape index (κ1) is 11.0. The topological polar surface area (TPSA) is 49.5 Å². The first-order valence-corrected chi connectivity index (χ1v) is 4.78. The Bertz CT molecular complexity index is 286. The Labute approximate surface area is 85.2 Å². The van der Waals surface area contributed by atoms with Crippen molar-refractivity contribution in [1.82, 2.24) is 4.90 Å². The van der Waals surface area contributed by atoms with Crippen LogP contribution >= 0.6 is 0 Å². The SMILES string of the molecule is CN(C)CCC(O)c1ccccc1N. The first-order valence-electron chi connectivity index (χ1n) is 4.78. The predicted octanol–water partition coefficient (Wildman–Crippen LogP) is 1.25. The number of para-hydroxylation sites is 1. The minimum atomic E-state index is -0.460. The number of nitrogens with zero attached hydrogens (tertiary/aromatic N) is 1. The van der Waals surface area contributed by atoms with E-state index in [4.69, 9.17) is 5.73 Å². The Hall–Kier alpha value is -1.06. The molecular weight excluding hydrogens is 176 g/mol. The van der Waals surface area contributed by atoms with Gasteiger partial charge in [0, 0.05) is 17.8 Å². The molecule has 78 valence electrons. The van der Waals surface area contributed by atoms with Crippen molar-refractivity contribution in [2.45, 2.75) is 12.5 Å². The maximum absolute atomic E-state index is 9.84. The molecule has 0 aromatic heterocycles. The molecule has 1 unspecified atom stereocenters. The summed E-state index contributed by atoms with van der Waals surface area (Å²) in [5.41, 5.74) is 7.25. The van der Waals surface area contributed by atoms with Gasteiger partial charge in [0.25, 0.3) is 0 Å². The van der Waals surface area contributed by atoms with Crippen LogP contribution < -0.4 is 5.73 Å². The van der Waals surface area contributed by atoms with Gasteiger partial charge in [-0.05, 0) is 26.6 Å². The van der Waals surface area contributed by atoms with Gasteiger partial charge < -0.3 is 15.7 Å². The molecule has 1 atom stereocenters. The monoisotopic (exact) mass is 194 g/mol. The van der Waals surface area contributed by atoms with Crippen molar-refractivity contribution in [3.8, 4) is 0 Å². The van der Waals surface area contributed by atoms with Gasteiger partial charge in [-0.15, -0.1) is 0 Å². The third-order valence-electron chi connectivity index (χ3n) is 2.20. The van der Waals surface area contributed by atoms with Gasteiger partial charge in [0.1, 0.15) is 0 Å². The van der Waals surface area contributed by atoms with Gasteiger partial charge in [0.15, 0.2) is 0 Å². The first-order chi connectivity index (χ1) is 6.61. The van der Waals surface area contributed by atoms with Crippen LogP contribution in [0.5, 0.6) is 0 Å². The van der Waals surface area contributed by atoms with E-state index in [-0.39, 0.29) is 0 Å². The lowest BCUT2D eigenvalue weighted by atomic mass is 10.0. The molecule has 0 amide bonds. The Kier molecular flexibility index (Phi) is 3.92. The Morgan fingerprint density at radius 1 is 1.36 bits per heavy atom. The third-order valence-corrected chi connectivity index (χ3v) is 2.20. The van der Waals surface area contributed by atoms with Crippen molar-refractivity contribution < 1.29 is 5.11 Å². The second kappa shape index (κ2) is 4.98. The highest BCUT2D eigenvalue weighted by Gasteiger charge is 2.09. The summed E-state index contributed by atoms with van der Waals surface area (Å²) in [5.74, 6) is 0. The molecule has 0 fully saturated rings. The van der Waals surface area contributed by atoms with Gasteiger partial charge in [-0.2, -0.15) is 0 Å². The largest absolute Gasteiger partial charge is 0.398 e. The molecule has 0 aliphatic carbocycles. The Morgan fingerprint density at radius 3 is 2.57 bits per heavy atom. The van der Waals surface area contributed by atoms with Crippen molar-refractivity contribution in [2.24, 2.45) is 0 Å². The zero-order chi connectivity index (χ0) is 10.6. The van der Waals surface area contributed by atoms with Crippen molar-refractivity contribution in [3.05, 3.63) is 29.8 Å². The van der Waals surface area contributed by atoms with Crippen LogP contribution in [-0.4, -0.2) is 30.6 Å². The quantitative estimate of drug-likeness (QED) is 0.709. The molecule has 14 heavy (non-hydrogen) atoms. The van der Waals surface area contributed by atoms with Crippen molar-refractivity contribution in [1.29, 1.82) is 0 Å².